The average molecular weight is 412 g/mol. The van der Waals surface area contributed by atoms with E-state index in [0.29, 0.717) is 23.6 Å². The van der Waals surface area contributed by atoms with Crippen molar-refractivity contribution in [3.8, 4) is 5.75 Å². The van der Waals surface area contributed by atoms with Gasteiger partial charge in [-0.1, -0.05) is 31.5 Å². The lowest BCUT2D eigenvalue weighted by Gasteiger charge is -2.21. The third kappa shape index (κ3) is 6.92. The molecular weight excluding hydrogens is 384 g/mol. The van der Waals surface area contributed by atoms with E-state index >= 15 is 0 Å². The Bertz CT molecular complexity index is 836. The van der Waals surface area contributed by atoms with E-state index in [9.17, 15) is 14.4 Å². The van der Waals surface area contributed by atoms with Gasteiger partial charge in [0.2, 0.25) is 0 Å². The van der Waals surface area contributed by atoms with Crippen LogP contribution < -0.4 is 15.0 Å². The number of benzene rings is 2. The number of carbonyl (C=O) groups excluding carboxylic acids is 3. The van der Waals surface area contributed by atoms with Gasteiger partial charge in [-0.05, 0) is 49.7 Å². The van der Waals surface area contributed by atoms with Crippen LogP contribution in [-0.4, -0.2) is 44.1 Å². The molecule has 0 aliphatic heterocycles. The summed E-state index contributed by atoms with van der Waals surface area (Å²) < 4.78 is 10.7. The van der Waals surface area contributed by atoms with Crippen LogP contribution in [0, 0.1) is 0 Å². The Hall–Kier alpha value is -3.35. The molecule has 0 fully saturated rings. The number of unbranched alkanes of at least 4 members (excludes halogenated alkanes) is 1. The molecule has 0 radical (unpaired) electrons. The van der Waals surface area contributed by atoms with Crippen molar-refractivity contribution in [2.24, 2.45) is 0 Å². The molecule has 0 unspecified atom stereocenters. The van der Waals surface area contributed by atoms with Crippen LogP contribution in [0.4, 0.5) is 5.69 Å². The average Bonchev–Trinajstić information content (AvgIpc) is 2.77. The molecule has 0 aromatic heterocycles. The van der Waals surface area contributed by atoms with E-state index in [2.05, 4.69) is 12.2 Å². The summed E-state index contributed by atoms with van der Waals surface area (Å²) in [6, 6.07) is 15.7. The Morgan fingerprint density at radius 2 is 1.70 bits per heavy atom. The highest BCUT2D eigenvalue weighted by Gasteiger charge is 2.22. The minimum absolute atomic E-state index is 0.333. The van der Waals surface area contributed by atoms with Gasteiger partial charge in [0.15, 0.2) is 6.10 Å². The summed E-state index contributed by atoms with van der Waals surface area (Å²) in [5.41, 5.74) is 1.10. The maximum atomic E-state index is 12.4. The van der Waals surface area contributed by atoms with Crippen molar-refractivity contribution in [1.29, 1.82) is 0 Å². The van der Waals surface area contributed by atoms with E-state index in [4.69, 9.17) is 9.47 Å². The van der Waals surface area contributed by atoms with E-state index in [1.54, 1.807) is 43.4 Å². The lowest BCUT2D eigenvalue weighted by molar-refractivity contribution is -0.152. The second kappa shape index (κ2) is 11.6. The van der Waals surface area contributed by atoms with E-state index in [1.807, 2.05) is 18.2 Å². The zero-order valence-electron chi connectivity index (χ0n) is 17.6. The molecule has 2 amide bonds. The lowest BCUT2D eigenvalue weighted by Crippen LogP contribution is -2.39. The number of para-hydroxylation sites is 1. The van der Waals surface area contributed by atoms with Gasteiger partial charge in [-0.2, -0.15) is 0 Å². The van der Waals surface area contributed by atoms with Crippen LogP contribution in [0.3, 0.4) is 0 Å². The van der Waals surface area contributed by atoms with Gasteiger partial charge in [0.1, 0.15) is 12.3 Å². The molecule has 0 saturated heterocycles. The molecule has 0 spiro atoms. The fourth-order valence-electron chi connectivity index (χ4n) is 2.63. The quantitative estimate of drug-likeness (QED) is 0.479. The highest BCUT2D eigenvalue weighted by Crippen LogP contribution is 2.14. The fourth-order valence-corrected chi connectivity index (χ4v) is 2.63. The Kier molecular flexibility index (Phi) is 8.87. The standard InChI is InChI=1S/C23H28N2O5/c1-4-5-15-29-20-13-11-18(12-14-20)22(27)24-16-21(26)30-17(2)23(28)25(3)19-9-7-6-8-10-19/h6-14,17H,4-5,15-16H2,1-3H3,(H,24,27)/t17-/m1/s1. The first-order valence-electron chi connectivity index (χ1n) is 9.95. The van der Waals surface area contributed by atoms with Crippen molar-refractivity contribution >= 4 is 23.5 Å². The van der Waals surface area contributed by atoms with Gasteiger partial charge in [-0.25, -0.2) is 0 Å². The number of hydrogen-bond donors (Lipinski definition) is 1. The van der Waals surface area contributed by atoms with Crippen molar-refractivity contribution < 1.29 is 23.9 Å². The number of carbonyl (C=O) groups is 3. The van der Waals surface area contributed by atoms with Crippen molar-refractivity contribution in [2.75, 3.05) is 25.1 Å². The maximum Gasteiger partial charge on any atom is 0.326 e. The van der Waals surface area contributed by atoms with Crippen LogP contribution in [0.1, 0.15) is 37.0 Å². The molecule has 2 aromatic carbocycles. The SMILES string of the molecule is CCCCOc1ccc(C(=O)NCC(=O)O[C@H](C)C(=O)N(C)c2ccccc2)cc1. The Morgan fingerprint density at radius 3 is 2.33 bits per heavy atom. The number of likely N-dealkylation sites (N-methyl/N-ethyl adjacent to an activating group) is 1. The number of nitrogens with one attached hydrogen (secondary N) is 1. The molecule has 2 aromatic rings. The van der Waals surface area contributed by atoms with Gasteiger partial charge in [0, 0.05) is 18.3 Å². The molecule has 2 rings (SSSR count). The molecule has 7 heteroatoms. The molecular formula is C23H28N2O5. The number of esters is 1. The summed E-state index contributed by atoms with van der Waals surface area (Å²) in [5, 5.41) is 2.50. The first kappa shape index (κ1) is 22.9. The van der Waals surface area contributed by atoms with Crippen LogP contribution in [0.25, 0.3) is 0 Å². The summed E-state index contributed by atoms with van der Waals surface area (Å²) in [6.45, 7) is 3.88. The van der Waals surface area contributed by atoms with Crippen LogP contribution in [0.5, 0.6) is 5.75 Å². The molecule has 0 heterocycles. The number of hydrogen-bond acceptors (Lipinski definition) is 5. The van der Waals surface area contributed by atoms with Gasteiger partial charge in [0.25, 0.3) is 11.8 Å². The smallest absolute Gasteiger partial charge is 0.326 e. The molecule has 1 atom stereocenters. The first-order chi connectivity index (χ1) is 14.4. The molecule has 0 bridgehead atoms. The molecule has 7 nitrogen and oxygen atoms in total. The second-order valence-electron chi connectivity index (χ2n) is 6.77. The minimum atomic E-state index is -0.973. The Labute approximate surface area is 177 Å². The monoisotopic (exact) mass is 412 g/mol. The second-order valence-corrected chi connectivity index (χ2v) is 6.77. The van der Waals surface area contributed by atoms with Crippen molar-refractivity contribution in [2.45, 2.75) is 32.8 Å². The van der Waals surface area contributed by atoms with Crippen LogP contribution in [0.2, 0.25) is 0 Å². The number of amides is 2. The van der Waals surface area contributed by atoms with Gasteiger partial charge in [0.05, 0.1) is 6.61 Å². The number of ether oxygens (including phenoxy) is 2. The normalized spacial score (nSPS) is 11.3. The summed E-state index contributed by atoms with van der Waals surface area (Å²) >= 11 is 0. The molecule has 0 aliphatic carbocycles. The Morgan fingerprint density at radius 1 is 1.03 bits per heavy atom. The van der Waals surface area contributed by atoms with E-state index < -0.39 is 18.0 Å². The molecule has 1 N–H and O–H groups in total. The molecule has 0 saturated carbocycles. The predicted octanol–water partition coefficient (Wildman–Crippen LogP) is 3.19. The van der Waals surface area contributed by atoms with Gasteiger partial charge < -0.3 is 19.7 Å². The topological polar surface area (TPSA) is 84.9 Å². The van der Waals surface area contributed by atoms with Crippen molar-refractivity contribution in [3.05, 3.63) is 60.2 Å². The van der Waals surface area contributed by atoms with E-state index in [-0.39, 0.29) is 12.5 Å². The van der Waals surface area contributed by atoms with Crippen LogP contribution in [0.15, 0.2) is 54.6 Å². The third-order valence-electron chi connectivity index (χ3n) is 4.41. The predicted molar refractivity (Wildman–Crippen MR) is 115 cm³/mol. The largest absolute Gasteiger partial charge is 0.494 e. The highest BCUT2D eigenvalue weighted by atomic mass is 16.5. The van der Waals surface area contributed by atoms with Crippen LogP contribution in [-0.2, 0) is 14.3 Å². The summed E-state index contributed by atoms with van der Waals surface area (Å²) in [4.78, 5) is 38.1. The first-order valence-corrected chi connectivity index (χ1v) is 9.95. The third-order valence-corrected chi connectivity index (χ3v) is 4.41. The fraction of sp³-hybridized carbons (Fsp3) is 0.348. The zero-order valence-corrected chi connectivity index (χ0v) is 17.6. The Balaban J connectivity index is 1.79. The van der Waals surface area contributed by atoms with Gasteiger partial charge in [-0.15, -0.1) is 0 Å². The van der Waals surface area contributed by atoms with Crippen LogP contribution >= 0.6 is 0 Å². The van der Waals surface area contributed by atoms with Gasteiger partial charge in [-0.3, -0.25) is 14.4 Å². The van der Waals surface area contributed by atoms with Crippen molar-refractivity contribution in [3.63, 3.8) is 0 Å². The summed E-state index contributed by atoms with van der Waals surface area (Å²) in [7, 11) is 1.61. The number of anilines is 1. The summed E-state index contributed by atoms with van der Waals surface area (Å²) in [6.07, 6.45) is 1.04. The summed E-state index contributed by atoms with van der Waals surface area (Å²) in [5.74, 6) is -0.772. The maximum absolute atomic E-state index is 12.4. The number of nitrogens with zero attached hydrogens (tertiary/aromatic N) is 1. The highest BCUT2D eigenvalue weighted by molar-refractivity contribution is 5.98. The van der Waals surface area contributed by atoms with E-state index in [1.165, 1.54) is 11.8 Å². The molecule has 30 heavy (non-hydrogen) atoms. The minimum Gasteiger partial charge on any atom is -0.494 e. The van der Waals surface area contributed by atoms with Crippen molar-refractivity contribution in [1.82, 2.24) is 5.32 Å². The zero-order chi connectivity index (χ0) is 21.9. The number of rotatable bonds is 10. The van der Waals surface area contributed by atoms with Gasteiger partial charge >= 0.3 is 5.97 Å². The van der Waals surface area contributed by atoms with E-state index in [0.717, 1.165) is 12.8 Å². The molecule has 160 valence electrons. The lowest BCUT2D eigenvalue weighted by atomic mass is 10.2. The molecule has 0 aliphatic rings.